The van der Waals surface area contributed by atoms with Crippen LogP contribution in [-0.2, 0) is 4.74 Å². The first-order valence-corrected chi connectivity index (χ1v) is 7.12. The molecule has 0 saturated carbocycles. The van der Waals surface area contributed by atoms with Crippen LogP contribution in [0.3, 0.4) is 0 Å². The smallest absolute Gasteiger partial charge is 0.339 e. The van der Waals surface area contributed by atoms with Crippen molar-refractivity contribution in [2.24, 2.45) is 0 Å². The summed E-state index contributed by atoms with van der Waals surface area (Å²) in [6.45, 7) is 3.88. The Kier molecular flexibility index (Phi) is 4.95. The number of methoxy groups -OCH3 is 1. The molecule has 1 aliphatic heterocycles. The number of hydrogen-bond donors (Lipinski definition) is 1. The van der Waals surface area contributed by atoms with Crippen LogP contribution in [0.25, 0.3) is 0 Å². The van der Waals surface area contributed by atoms with Crippen molar-refractivity contribution >= 4 is 11.8 Å². The molecule has 1 fully saturated rings. The second-order valence-corrected chi connectivity index (χ2v) is 5.33. The van der Waals surface area contributed by atoms with Crippen LogP contribution in [0.2, 0.25) is 0 Å². The number of aryl methyl sites for hydroxylation is 1. The number of piperidine rings is 1. The number of carbonyl (C=O) groups excluding carboxylic acids is 1. The molecule has 1 N–H and O–H groups in total. The lowest BCUT2D eigenvalue weighted by Crippen LogP contribution is -2.40. The Bertz CT molecular complexity index is 476. The van der Waals surface area contributed by atoms with Gasteiger partial charge in [0, 0.05) is 12.6 Å². The van der Waals surface area contributed by atoms with E-state index in [0.717, 1.165) is 12.4 Å². The minimum atomic E-state index is -0.339. The van der Waals surface area contributed by atoms with Gasteiger partial charge in [-0.15, -0.1) is 0 Å². The van der Waals surface area contributed by atoms with Crippen molar-refractivity contribution in [2.75, 3.05) is 32.6 Å². The molecule has 0 spiro atoms. The molecule has 5 nitrogen and oxygen atoms in total. The van der Waals surface area contributed by atoms with Crippen molar-refractivity contribution in [1.29, 1.82) is 0 Å². The number of hydrogen-bond acceptors (Lipinski definition) is 5. The summed E-state index contributed by atoms with van der Waals surface area (Å²) in [6, 6.07) is 4.16. The van der Waals surface area contributed by atoms with Gasteiger partial charge >= 0.3 is 5.97 Å². The van der Waals surface area contributed by atoms with Crippen molar-refractivity contribution in [1.82, 2.24) is 9.88 Å². The molecule has 1 aromatic heterocycles. The number of esters is 1. The minimum absolute atomic E-state index is 0.339. The van der Waals surface area contributed by atoms with Crippen LogP contribution in [0.5, 0.6) is 0 Å². The molecule has 2 heterocycles. The lowest BCUT2D eigenvalue weighted by atomic mass is 10.0. The Morgan fingerprint density at radius 1 is 1.50 bits per heavy atom. The third-order valence-corrected chi connectivity index (χ3v) is 3.93. The first-order chi connectivity index (χ1) is 9.61. The van der Waals surface area contributed by atoms with E-state index >= 15 is 0 Å². The fourth-order valence-electron chi connectivity index (χ4n) is 2.61. The van der Waals surface area contributed by atoms with Crippen molar-refractivity contribution in [3.63, 3.8) is 0 Å². The van der Waals surface area contributed by atoms with Gasteiger partial charge in [-0.05, 0) is 45.5 Å². The summed E-state index contributed by atoms with van der Waals surface area (Å²) in [6.07, 6.45) is 3.81. The van der Waals surface area contributed by atoms with Gasteiger partial charge in [0.25, 0.3) is 0 Å². The number of ether oxygens (including phenoxy) is 1. The van der Waals surface area contributed by atoms with Crippen LogP contribution < -0.4 is 5.32 Å². The predicted molar refractivity (Wildman–Crippen MR) is 79.1 cm³/mol. The molecule has 0 radical (unpaired) electrons. The van der Waals surface area contributed by atoms with Gasteiger partial charge in [0.2, 0.25) is 0 Å². The zero-order valence-corrected chi connectivity index (χ0v) is 12.5. The summed E-state index contributed by atoms with van der Waals surface area (Å²) < 4.78 is 4.72. The standard InChI is InChI=1S/C15H23N3O2/c1-11-13(15(19)20-3)7-8-14(17-11)16-10-12-6-4-5-9-18(12)2/h7-8,12H,4-6,9-10H2,1-3H3,(H,16,17). The number of nitrogens with one attached hydrogen (secondary N) is 1. The molecule has 1 unspecified atom stereocenters. The van der Waals surface area contributed by atoms with E-state index in [1.807, 2.05) is 13.0 Å². The normalized spacial score (nSPS) is 19.6. The second-order valence-electron chi connectivity index (χ2n) is 5.33. The Morgan fingerprint density at radius 3 is 2.95 bits per heavy atom. The predicted octanol–water partition coefficient (Wildman–Crippen LogP) is 2.07. The van der Waals surface area contributed by atoms with Gasteiger partial charge in [0.05, 0.1) is 18.4 Å². The average molecular weight is 277 g/mol. The van der Waals surface area contributed by atoms with E-state index in [1.54, 1.807) is 6.07 Å². The minimum Gasteiger partial charge on any atom is -0.465 e. The van der Waals surface area contributed by atoms with E-state index in [1.165, 1.54) is 32.9 Å². The molecule has 2 rings (SSSR count). The SMILES string of the molecule is COC(=O)c1ccc(NCC2CCCCN2C)nc1C. The molecule has 1 aromatic rings. The number of rotatable bonds is 4. The fourth-order valence-corrected chi connectivity index (χ4v) is 2.61. The van der Waals surface area contributed by atoms with E-state index in [9.17, 15) is 4.79 Å². The van der Waals surface area contributed by atoms with E-state index < -0.39 is 0 Å². The quantitative estimate of drug-likeness (QED) is 0.854. The average Bonchev–Trinajstić information content (AvgIpc) is 2.46. The van der Waals surface area contributed by atoms with Crippen molar-refractivity contribution < 1.29 is 9.53 Å². The Morgan fingerprint density at radius 2 is 2.30 bits per heavy atom. The van der Waals surface area contributed by atoms with Crippen LogP contribution >= 0.6 is 0 Å². The molecule has 0 aromatic carbocycles. The largest absolute Gasteiger partial charge is 0.465 e. The van der Waals surface area contributed by atoms with Crippen molar-refractivity contribution in [3.8, 4) is 0 Å². The topological polar surface area (TPSA) is 54.5 Å². The summed E-state index contributed by atoms with van der Waals surface area (Å²) in [7, 11) is 3.55. The van der Waals surface area contributed by atoms with Crippen molar-refractivity contribution in [3.05, 3.63) is 23.4 Å². The van der Waals surface area contributed by atoms with Crippen LogP contribution in [0.15, 0.2) is 12.1 Å². The van der Waals surface area contributed by atoms with Crippen LogP contribution in [-0.4, -0.2) is 49.1 Å². The van der Waals surface area contributed by atoms with E-state index in [0.29, 0.717) is 17.3 Å². The molecule has 5 heteroatoms. The first kappa shape index (κ1) is 14.8. The monoisotopic (exact) mass is 277 g/mol. The highest BCUT2D eigenvalue weighted by atomic mass is 16.5. The molecule has 1 saturated heterocycles. The molecule has 20 heavy (non-hydrogen) atoms. The Balaban J connectivity index is 1.96. The fraction of sp³-hybridized carbons (Fsp3) is 0.600. The second kappa shape index (κ2) is 6.70. The van der Waals surface area contributed by atoms with Gasteiger partial charge in [0.15, 0.2) is 0 Å². The molecule has 1 atom stereocenters. The van der Waals surface area contributed by atoms with Gasteiger partial charge in [-0.25, -0.2) is 9.78 Å². The number of likely N-dealkylation sites (tertiary alicyclic amines) is 1. The molecule has 0 bridgehead atoms. The zero-order valence-electron chi connectivity index (χ0n) is 12.5. The van der Waals surface area contributed by atoms with Gasteiger partial charge in [-0.3, -0.25) is 0 Å². The molecule has 0 aliphatic carbocycles. The molecule has 1 aliphatic rings. The van der Waals surface area contributed by atoms with Gasteiger partial charge in [-0.2, -0.15) is 0 Å². The molecule has 110 valence electrons. The third kappa shape index (κ3) is 3.48. The van der Waals surface area contributed by atoms with E-state index in [-0.39, 0.29) is 5.97 Å². The zero-order chi connectivity index (χ0) is 14.5. The summed E-state index contributed by atoms with van der Waals surface area (Å²) in [5, 5.41) is 3.36. The number of nitrogens with zero attached hydrogens (tertiary/aromatic N) is 2. The summed E-state index contributed by atoms with van der Waals surface area (Å²) in [5.41, 5.74) is 1.21. The van der Waals surface area contributed by atoms with Crippen LogP contribution in [0.1, 0.15) is 35.3 Å². The Labute approximate surface area is 120 Å². The number of likely N-dealkylation sites (N-methyl/N-ethyl adjacent to an activating group) is 1. The van der Waals surface area contributed by atoms with Gasteiger partial charge in [-0.1, -0.05) is 6.42 Å². The third-order valence-electron chi connectivity index (χ3n) is 3.93. The number of anilines is 1. The number of aromatic nitrogens is 1. The summed E-state index contributed by atoms with van der Waals surface area (Å²) in [5.74, 6) is 0.475. The summed E-state index contributed by atoms with van der Waals surface area (Å²) >= 11 is 0. The molecular weight excluding hydrogens is 254 g/mol. The highest BCUT2D eigenvalue weighted by Gasteiger charge is 2.18. The van der Waals surface area contributed by atoms with E-state index in [4.69, 9.17) is 4.74 Å². The summed E-state index contributed by atoms with van der Waals surface area (Å²) in [4.78, 5) is 18.3. The lowest BCUT2D eigenvalue weighted by molar-refractivity contribution is 0.0599. The van der Waals surface area contributed by atoms with E-state index in [2.05, 4.69) is 22.2 Å². The van der Waals surface area contributed by atoms with Gasteiger partial charge in [0.1, 0.15) is 5.82 Å². The molecule has 0 amide bonds. The number of carbonyl (C=O) groups is 1. The lowest BCUT2D eigenvalue weighted by Gasteiger charge is -2.32. The highest BCUT2D eigenvalue weighted by Crippen LogP contribution is 2.16. The Hall–Kier alpha value is -1.62. The number of pyridine rings is 1. The van der Waals surface area contributed by atoms with Crippen LogP contribution in [0.4, 0.5) is 5.82 Å². The maximum atomic E-state index is 11.5. The maximum Gasteiger partial charge on any atom is 0.339 e. The maximum absolute atomic E-state index is 11.5. The highest BCUT2D eigenvalue weighted by molar-refractivity contribution is 5.90. The van der Waals surface area contributed by atoms with Crippen LogP contribution in [0, 0.1) is 6.92 Å². The van der Waals surface area contributed by atoms with Gasteiger partial charge < -0.3 is 15.0 Å². The molecular formula is C15H23N3O2. The van der Waals surface area contributed by atoms with Crippen molar-refractivity contribution in [2.45, 2.75) is 32.2 Å². The first-order valence-electron chi connectivity index (χ1n) is 7.12.